The summed E-state index contributed by atoms with van der Waals surface area (Å²) in [4.78, 5) is 4.58. The van der Waals surface area contributed by atoms with Gasteiger partial charge in [0.05, 0.1) is 5.69 Å². The van der Waals surface area contributed by atoms with Crippen molar-refractivity contribution in [2.75, 3.05) is 17.2 Å². The van der Waals surface area contributed by atoms with Crippen molar-refractivity contribution in [3.8, 4) is 0 Å². The second-order valence-corrected chi connectivity index (χ2v) is 4.74. The second-order valence-electron chi connectivity index (χ2n) is 3.74. The molecule has 3 nitrogen and oxygen atoms in total. The molecule has 0 radical (unpaired) electrons. The summed E-state index contributed by atoms with van der Waals surface area (Å²) in [6.07, 6.45) is 5.00. The summed E-state index contributed by atoms with van der Waals surface area (Å²) in [5.41, 5.74) is 1.26. The molecule has 0 unspecified atom stereocenters. The van der Waals surface area contributed by atoms with Gasteiger partial charge in [0.1, 0.15) is 5.00 Å². The fourth-order valence-electron chi connectivity index (χ4n) is 1.58. The van der Waals surface area contributed by atoms with Crippen LogP contribution in [0.5, 0.6) is 0 Å². The van der Waals surface area contributed by atoms with Crippen LogP contribution in [0.1, 0.15) is 25.0 Å². The minimum absolute atomic E-state index is 0.715. The third kappa shape index (κ3) is 1.50. The molecule has 1 aromatic heterocycles. The lowest BCUT2D eigenvalue weighted by molar-refractivity contribution is 0.813. The second kappa shape index (κ2) is 2.87. The Morgan fingerprint density at radius 1 is 1.46 bits per heavy atom. The quantitative estimate of drug-likeness (QED) is 0.758. The number of aromatic nitrogens is 1. The maximum atomic E-state index is 4.58. The van der Waals surface area contributed by atoms with Crippen LogP contribution >= 0.6 is 11.3 Å². The first kappa shape index (κ1) is 7.62. The highest BCUT2D eigenvalue weighted by molar-refractivity contribution is 7.19. The number of nitrogens with zero attached hydrogens (tertiary/aromatic N) is 1. The molecule has 0 saturated heterocycles. The number of anilines is 2. The summed E-state index contributed by atoms with van der Waals surface area (Å²) in [7, 11) is 0. The molecule has 2 heterocycles. The van der Waals surface area contributed by atoms with Gasteiger partial charge in [-0.1, -0.05) is 11.3 Å². The minimum Gasteiger partial charge on any atom is -0.375 e. The summed E-state index contributed by atoms with van der Waals surface area (Å²) in [5.74, 6) is 0. The van der Waals surface area contributed by atoms with Gasteiger partial charge in [0.15, 0.2) is 5.13 Å². The molecule has 1 saturated carbocycles. The first-order valence-corrected chi connectivity index (χ1v) is 5.73. The molecule has 0 aromatic carbocycles. The number of rotatable bonds is 2. The van der Waals surface area contributed by atoms with Gasteiger partial charge in [-0.05, 0) is 25.7 Å². The lowest BCUT2D eigenvalue weighted by Gasteiger charge is -2.10. The van der Waals surface area contributed by atoms with Gasteiger partial charge in [0, 0.05) is 12.6 Å². The molecule has 0 spiro atoms. The van der Waals surface area contributed by atoms with Gasteiger partial charge < -0.3 is 10.6 Å². The van der Waals surface area contributed by atoms with E-state index in [4.69, 9.17) is 0 Å². The first-order chi connectivity index (χ1) is 6.42. The highest BCUT2D eigenvalue weighted by atomic mass is 32.1. The van der Waals surface area contributed by atoms with Crippen LogP contribution in [-0.2, 0) is 6.42 Å². The average Bonchev–Trinajstić information content (AvgIpc) is 2.85. The van der Waals surface area contributed by atoms with Gasteiger partial charge in [-0.15, -0.1) is 0 Å². The van der Waals surface area contributed by atoms with Gasteiger partial charge in [0.25, 0.3) is 0 Å². The van der Waals surface area contributed by atoms with E-state index in [1.165, 1.54) is 30.0 Å². The molecule has 2 aliphatic rings. The average molecular weight is 195 g/mol. The zero-order valence-corrected chi connectivity index (χ0v) is 8.28. The molecule has 13 heavy (non-hydrogen) atoms. The van der Waals surface area contributed by atoms with E-state index in [1.807, 2.05) is 0 Å². The summed E-state index contributed by atoms with van der Waals surface area (Å²) in [5, 5.41) is 9.23. The third-order valence-corrected chi connectivity index (χ3v) is 3.46. The van der Waals surface area contributed by atoms with Crippen molar-refractivity contribution >= 4 is 21.5 Å². The van der Waals surface area contributed by atoms with E-state index >= 15 is 0 Å². The molecule has 1 fully saturated rings. The molecular weight excluding hydrogens is 182 g/mol. The topological polar surface area (TPSA) is 37.0 Å². The molecule has 4 heteroatoms. The summed E-state index contributed by atoms with van der Waals surface area (Å²) >= 11 is 1.77. The van der Waals surface area contributed by atoms with Gasteiger partial charge in [-0.2, -0.15) is 0 Å². The van der Waals surface area contributed by atoms with Crippen molar-refractivity contribution in [1.29, 1.82) is 0 Å². The van der Waals surface area contributed by atoms with Crippen LogP contribution in [0.15, 0.2) is 0 Å². The summed E-state index contributed by atoms with van der Waals surface area (Å²) in [6.45, 7) is 1.11. The number of hydrogen-bond donors (Lipinski definition) is 2. The van der Waals surface area contributed by atoms with Crippen LogP contribution in [-0.4, -0.2) is 17.6 Å². The SMILES string of the molecule is C1CNc2sc(NC3CC3)nc2C1. The summed E-state index contributed by atoms with van der Waals surface area (Å²) < 4.78 is 0. The standard InChI is InChI=1S/C9H13N3S/c1-2-7-8(10-5-1)13-9(12-7)11-6-3-4-6/h6,10H,1-5H2,(H,11,12). The predicted molar refractivity (Wildman–Crippen MR) is 55.6 cm³/mol. The highest BCUT2D eigenvalue weighted by Gasteiger charge is 2.23. The Labute approximate surface area is 81.6 Å². The molecule has 3 rings (SSSR count). The fraction of sp³-hybridized carbons (Fsp3) is 0.667. The maximum absolute atomic E-state index is 4.58. The Bertz CT molecular complexity index is 293. The van der Waals surface area contributed by atoms with Gasteiger partial charge in [0.2, 0.25) is 0 Å². The van der Waals surface area contributed by atoms with E-state index in [0.29, 0.717) is 6.04 Å². The lowest BCUT2D eigenvalue weighted by Crippen LogP contribution is -2.09. The van der Waals surface area contributed by atoms with E-state index in [2.05, 4.69) is 15.6 Å². The Hall–Kier alpha value is -0.770. The van der Waals surface area contributed by atoms with E-state index < -0.39 is 0 Å². The normalized spacial score (nSPS) is 20.6. The van der Waals surface area contributed by atoms with E-state index in [0.717, 1.165) is 18.1 Å². The number of fused-ring (bicyclic) bond motifs is 1. The van der Waals surface area contributed by atoms with Gasteiger partial charge in [-0.3, -0.25) is 0 Å². The smallest absolute Gasteiger partial charge is 0.185 e. The predicted octanol–water partition coefficient (Wildman–Crippen LogP) is 2.08. The van der Waals surface area contributed by atoms with E-state index in [-0.39, 0.29) is 0 Å². The lowest BCUT2D eigenvalue weighted by atomic mass is 10.2. The van der Waals surface area contributed by atoms with Crippen LogP contribution in [0.4, 0.5) is 10.1 Å². The van der Waals surface area contributed by atoms with E-state index in [9.17, 15) is 0 Å². The molecule has 0 atom stereocenters. The number of thiazole rings is 1. The minimum atomic E-state index is 0.715. The molecule has 70 valence electrons. The molecule has 1 aromatic rings. The third-order valence-electron chi connectivity index (χ3n) is 2.48. The van der Waals surface area contributed by atoms with Crippen molar-refractivity contribution in [2.24, 2.45) is 0 Å². The fourth-order valence-corrected chi connectivity index (χ4v) is 2.60. The van der Waals surface area contributed by atoms with Crippen LogP contribution in [0.25, 0.3) is 0 Å². The molecule has 0 amide bonds. The summed E-state index contributed by atoms with van der Waals surface area (Å²) in [6, 6.07) is 0.715. The van der Waals surface area contributed by atoms with Crippen LogP contribution in [0, 0.1) is 0 Å². The van der Waals surface area contributed by atoms with Crippen molar-refractivity contribution < 1.29 is 0 Å². The van der Waals surface area contributed by atoms with Gasteiger partial charge in [-0.25, -0.2) is 4.98 Å². The highest BCUT2D eigenvalue weighted by Crippen LogP contribution is 2.34. The molecule has 1 aliphatic carbocycles. The van der Waals surface area contributed by atoms with E-state index in [1.54, 1.807) is 11.3 Å². The van der Waals surface area contributed by atoms with Crippen LogP contribution < -0.4 is 10.6 Å². The van der Waals surface area contributed by atoms with Crippen molar-refractivity contribution in [3.63, 3.8) is 0 Å². The van der Waals surface area contributed by atoms with Crippen LogP contribution in [0.2, 0.25) is 0 Å². The van der Waals surface area contributed by atoms with Crippen molar-refractivity contribution in [3.05, 3.63) is 5.69 Å². The van der Waals surface area contributed by atoms with Crippen molar-refractivity contribution in [1.82, 2.24) is 4.98 Å². The Balaban J connectivity index is 1.81. The molecule has 0 bridgehead atoms. The number of aryl methyl sites for hydroxylation is 1. The van der Waals surface area contributed by atoms with Gasteiger partial charge >= 0.3 is 0 Å². The zero-order chi connectivity index (χ0) is 8.67. The Kier molecular flexibility index (Phi) is 1.68. The Morgan fingerprint density at radius 2 is 2.38 bits per heavy atom. The van der Waals surface area contributed by atoms with Crippen molar-refractivity contribution in [2.45, 2.75) is 31.7 Å². The maximum Gasteiger partial charge on any atom is 0.185 e. The first-order valence-electron chi connectivity index (χ1n) is 4.92. The number of nitrogens with one attached hydrogen (secondary N) is 2. The van der Waals surface area contributed by atoms with Crippen LogP contribution in [0.3, 0.4) is 0 Å². The Morgan fingerprint density at radius 3 is 3.15 bits per heavy atom. The largest absolute Gasteiger partial charge is 0.375 e. The molecule has 1 aliphatic heterocycles. The number of hydrogen-bond acceptors (Lipinski definition) is 4. The zero-order valence-electron chi connectivity index (χ0n) is 7.47. The monoisotopic (exact) mass is 195 g/mol. The molecule has 2 N–H and O–H groups in total. The molecular formula is C9H13N3S.